The molecule has 9 nitrogen and oxygen atoms in total. The van der Waals surface area contributed by atoms with Crippen LogP contribution in [0.5, 0.6) is 0 Å². The molecule has 2 heterocycles. The van der Waals surface area contributed by atoms with Gasteiger partial charge in [-0.3, -0.25) is 9.59 Å². The van der Waals surface area contributed by atoms with E-state index in [0.29, 0.717) is 11.3 Å². The fourth-order valence-electron chi connectivity index (χ4n) is 2.79. The molecule has 0 bridgehead atoms. The van der Waals surface area contributed by atoms with E-state index in [1.165, 1.54) is 38.4 Å². The Labute approximate surface area is 164 Å². The molecule has 29 heavy (non-hydrogen) atoms. The van der Waals surface area contributed by atoms with E-state index < -0.39 is 23.4 Å². The molecule has 0 spiro atoms. The van der Waals surface area contributed by atoms with Crippen LogP contribution in [0, 0.1) is 13.8 Å². The summed E-state index contributed by atoms with van der Waals surface area (Å²) < 4.78 is 10.6. The minimum atomic E-state index is -0.563. The van der Waals surface area contributed by atoms with Gasteiger partial charge in [0.2, 0.25) is 0 Å². The zero-order valence-electron chi connectivity index (χ0n) is 15.9. The Bertz CT molecular complexity index is 1150. The largest absolute Gasteiger partial charge is 0.465 e. The Morgan fingerprint density at radius 3 is 2.59 bits per heavy atom. The van der Waals surface area contributed by atoms with Crippen molar-refractivity contribution in [3.8, 4) is 0 Å². The van der Waals surface area contributed by atoms with Gasteiger partial charge in [0.25, 0.3) is 11.8 Å². The first-order valence-corrected chi connectivity index (χ1v) is 8.51. The van der Waals surface area contributed by atoms with Crippen LogP contribution in [0.2, 0.25) is 0 Å². The number of aromatic nitrogens is 2. The minimum absolute atomic E-state index is 0.00508. The fraction of sp³-hybridized carbons (Fsp3) is 0.150. The summed E-state index contributed by atoms with van der Waals surface area (Å²) in [4.78, 5) is 48.1. The Hall–Kier alpha value is -4.01. The van der Waals surface area contributed by atoms with Gasteiger partial charge in [-0.05, 0) is 43.7 Å². The zero-order valence-corrected chi connectivity index (χ0v) is 15.9. The summed E-state index contributed by atoms with van der Waals surface area (Å²) in [6.07, 6.45) is 1.34. The quantitative estimate of drug-likeness (QED) is 0.672. The molecular weight excluding hydrogens is 378 g/mol. The fourth-order valence-corrected chi connectivity index (χ4v) is 2.79. The van der Waals surface area contributed by atoms with Gasteiger partial charge in [-0.15, -0.1) is 0 Å². The first kappa shape index (κ1) is 19.7. The summed E-state index contributed by atoms with van der Waals surface area (Å²) in [6.45, 7) is 3.12. The SMILES string of the molecule is COC(=O)c1cccc(NC(=O)c2ccn(C(=O)c3c(C)cc(=O)oc3C)n2)c1. The summed E-state index contributed by atoms with van der Waals surface area (Å²) in [5.41, 5.74) is 0.744. The predicted octanol–water partition coefficient (Wildman–Crippen LogP) is 2.18. The van der Waals surface area contributed by atoms with Crippen LogP contribution < -0.4 is 10.9 Å². The topological polar surface area (TPSA) is 120 Å². The van der Waals surface area contributed by atoms with Crippen molar-refractivity contribution < 1.29 is 23.5 Å². The Balaban J connectivity index is 1.81. The van der Waals surface area contributed by atoms with Crippen molar-refractivity contribution in [2.45, 2.75) is 13.8 Å². The number of benzene rings is 1. The molecule has 1 aromatic carbocycles. The van der Waals surface area contributed by atoms with Crippen molar-refractivity contribution in [2.75, 3.05) is 12.4 Å². The van der Waals surface area contributed by atoms with Crippen LogP contribution in [0.4, 0.5) is 5.69 Å². The monoisotopic (exact) mass is 395 g/mol. The lowest BCUT2D eigenvalue weighted by Gasteiger charge is -2.07. The van der Waals surface area contributed by atoms with Crippen LogP contribution in [0.15, 0.2) is 51.8 Å². The van der Waals surface area contributed by atoms with Gasteiger partial charge in [0, 0.05) is 18.0 Å². The molecular formula is C20H17N3O6. The highest BCUT2D eigenvalue weighted by molar-refractivity contribution is 6.04. The molecule has 148 valence electrons. The maximum Gasteiger partial charge on any atom is 0.337 e. The van der Waals surface area contributed by atoms with Crippen LogP contribution in [0.1, 0.15) is 42.5 Å². The summed E-state index contributed by atoms with van der Waals surface area (Å²) in [7, 11) is 1.26. The lowest BCUT2D eigenvalue weighted by molar-refractivity contribution is 0.0600. The van der Waals surface area contributed by atoms with Gasteiger partial charge in [-0.2, -0.15) is 5.10 Å². The molecule has 0 saturated carbocycles. The molecule has 0 fully saturated rings. The van der Waals surface area contributed by atoms with Crippen LogP contribution >= 0.6 is 0 Å². The number of carbonyl (C=O) groups is 3. The van der Waals surface area contributed by atoms with Crippen molar-refractivity contribution in [2.24, 2.45) is 0 Å². The highest BCUT2D eigenvalue weighted by Crippen LogP contribution is 2.15. The molecule has 0 saturated heterocycles. The number of aryl methyl sites for hydroxylation is 2. The number of esters is 1. The minimum Gasteiger partial charge on any atom is -0.465 e. The smallest absolute Gasteiger partial charge is 0.337 e. The highest BCUT2D eigenvalue weighted by atomic mass is 16.5. The summed E-state index contributed by atoms with van der Waals surface area (Å²) in [6, 6.07) is 8.80. The molecule has 9 heteroatoms. The summed E-state index contributed by atoms with van der Waals surface area (Å²) in [5, 5.41) is 6.61. The number of anilines is 1. The number of nitrogens with zero attached hydrogens (tertiary/aromatic N) is 2. The van der Waals surface area contributed by atoms with Gasteiger partial charge in [-0.25, -0.2) is 14.3 Å². The van der Waals surface area contributed by atoms with Crippen LogP contribution in [0.25, 0.3) is 0 Å². The molecule has 0 aliphatic carbocycles. The van der Waals surface area contributed by atoms with E-state index in [1.54, 1.807) is 25.1 Å². The van der Waals surface area contributed by atoms with E-state index in [1.807, 2.05) is 0 Å². The zero-order chi connectivity index (χ0) is 21.1. The molecule has 3 aromatic rings. The summed E-state index contributed by atoms with van der Waals surface area (Å²) >= 11 is 0. The predicted molar refractivity (Wildman–Crippen MR) is 102 cm³/mol. The lowest BCUT2D eigenvalue weighted by atomic mass is 10.1. The lowest BCUT2D eigenvalue weighted by Crippen LogP contribution is -2.19. The first-order valence-electron chi connectivity index (χ1n) is 8.51. The number of amides is 1. The second-order valence-corrected chi connectivity index (χ2v) is 6.16. The average molecular weight is 395 g/mol. The highest BCUT2D eigenvalue weighted by Gasteiger charge is 2.20. The molecule has 0 aliphatic heterocycles. The number of carbonyl (C=O) groups excluding carboxylic acids is 3. The molecule has 1 N–H and O–H groups in total. The number of hydrogen-bond donors (Lipinski definition) is 1. The first-order chi connectivity index (χ1) is 13.8. The molecule has 2 aromatic heterocycles. The van der Waals surface area contributed by atoms with Crippen molar-refractivity contribution in [3.05, 3.63) is 81.2 Å². The molecule has 3 rings (SSSR count). The number of hydrogen-bond acceptors (Lipinski definition) is 7. The van der Waals surface area contributed by atoms with Crippen molar-refractivity contribution in [1.82, 2.24) is 9.78 Å². The Morgan fingerprint density at radius 1 is 1.14 bits per heavy atom. The van der Waals surface area contributed by atoms with Gasteiger partial charge in [0.1, 0.15) is 5.76 Å². The molecule has 0 radical (unpaired) electrons. The van der Waals surface area contributed by atoms with Gasteiger partial charge >= 0.3 is 11.6 Å². The number of methoxy groups -OCH3 is 1. The van der Waals surface area contributed by atoms with Crippen LogP contribution in [-0.2, 0) is 4.74 Å². The van der Waals surface area contributed by atoms with E-state index >= 15 is 0 Å². The Kier molecular flexibility index (Phi) is 5.40. The third kappa shape index (κ3) is 4.13. The second kappa shape index (κ2) is 7.93. The third-order valence-electron chi connectivity index (χ3n) is 4.12. The van der Waals surface area contributed by atoms with Gasteiger partial charge < -0.3 is 14.5 Å². The number of rotatable bonds is 4. The third-order valence-corrected chi connectivity index (χ3v) is 4.12. The maximum atomic E-state index is 12.7. The number of ether oxygens (including phenoxy) is 1. The van der Waals surface area contributed by atoms with Gasteiger partial charge in [0.05, 0.1) is 18.2 Å². The molecule has 1 amide bonds. The van der Waals surface area contributed by atoms with E-state index in [4.69, 9.17) is 4.42 Å². The van der Waals surface area contributed by atoms with Crippen molar-refractivity contribution >= 4 is 23.5 Å². The standard InChI is InChI=1S/C20H17N3O6/c1-11-9-16(24)29-12(2)17(11)19(26)23-8-7-15(22-23)18(25)21-14-6-4-5-13(10-14)20(27)28-3/h4-10H,1-3H3,(H,21,25). The number of nitrogens with one attached hydrogen (secondary N) is 1. The maximum absolute atomic E-state index is 12.7. The van der Waals surface area contributed by atoms with Gasteiger partial charge in [0.15, 0.2) is 5.69 Å². The van der Waals surface area contributed by atoms with E-state index in [2.05, 4.69) is 15.2 Å². The summed E-state index contributed by atoms with van der Waals surface area (Å²) in [5.74, 6) is -1.46. The second-order valence-electron chi connectivity index (χ2n) is 6.16. The van der Waals surface area contributed by atoms with E-state index in [-0.39, 0.29) is 22.6 Å². The van der Waals surface area contributed by atoms with Crippen LogP contribution in [0.3, 0.4) is 0 Å². The van der Waals surface area contributed by atoms with Crippen LogP contribution in [-0.4, -0.2) is 34.7 Å². The molecule has 0 unspecified atom stereocenters. The van der Waals surface area contributed by atoms with Gasteiger partial charge in [-0.1, -0.05) is 6.07 Å². The molecule has 0 aliphatic rings. The van der Waals surface area contributed by atoms with E-state index in [0.717, 1.165) is 4.68 Å². The normalized spacial score (nSPS) is 10.4. The van der Waals surface area contributed by atoms with E-state index in [9.17, 15) is 19.2 Å². The van der Waals surface area contributed by atoms with Crippen molar-refractivity contribution in [1.29, 1.82) is 0 Å². The van der Waals surface area contributed by atoms with Crippen molar-refractivity contribution in [3.63, 3.8) is 0 Å². The Morgan fingerprint density at radius 2 is 1.90 bits per heavy atom. The average Bonchev–Trinajstić information content (AvgIpc) is 3.17. The molecule has 0 atom stereocenters.